The van der Waals surface area contributed by atoms with Gasteiger partial charge in [-0.2, -0.15) is 0 Å². The zero-order valence-electron chi connectivity index (χ0n) is 12.8. The van der Waals surface area contributed by atoms with Crippen molar-refractivity contribution in [1.29, 1.82) is 0 Å². The van der Waals surface area contributed by atoms with Gasteiger partial charge in [0.1, 0.15) is 6.10 Å². The van der Waals surface area contributed by atoms with Crippen molar-refractivity contribution in [2.24, 2.45) is 0 Å². The number of carbonyl (C=O) groups excluding carboxylic acids is 1. The van der Waals surface area contributed by atoms with Crippen LogP contribution in [-0.4, -0.2) is 17.1 Å². The molecule has 0 spiro atoms. The van der Waals surface area contributed by atoms with E-state index < -0.39 is 0 Å². The van der Waals surface area contributed by atoms with Crippen LogP contribution in [0.1, 0.15) is 75.6 Å². The van der Waals surface area contributed by atoms with Gasteiger partial charge in [0.05, 0.1) is 5.56 Å². The van der Waals surface area contributed by atoms with Crippen LogP contribution in [0.4, 0.5) is 0 Å². The van der Waals surface area contributed by atoms with E-state index in [-0.39, 0.29) is 12.1 Å². The third-order valence-corrected chi connectivity index (χ3v) is 3.45. The monoisotopic (exact) mass is 277 g/mol. The van der Waals surface area contributed by atoms with Gasteiger partial charge in [0.25, 0.3) is 0 Å². The molecule has 112 valence electrons. The topological polar surface area (TPSA) is 39.2 Å². The highest BCUT2D eigenvalue weighted by atomic mass is 16.5. The number of hydrogen-bond donors (Lipinski definition) is 0. The van der Waals surface area contributed by atoms with Crippen LogP contribution in [0.3, 0.4) is 0 Å². The van der Waals surface area contributed by atoms with Crippen molar-refractivity contribution in [2.45, 2.75) is 71.3 Å². The van der Waals surface area contributed by atoms with Crippen LogP contribution < -0.4 is 0 Å². The summed E-state index contributed by atoms with van der Waals surface area (Å²) >= 11 is 0. The minimum absolute atomic E-state index is 0.0625. The second-order valence-electron chi connectivity index (χ2n) is 5.25. The first kappa shape index (κ1) is 16.7. The summed E-state index contributed by atoms with van der Waals surface area (Å²) < 4.78 is 5.65. The van der Waals surface area contributed by atoms with Crippen LogP contribution in [0.25, 0.3) is 0 Å². The average Bonchev–Trinajstić information content (AvgIpc) is 2.49. The fourth-order valence-electron chi connectivity index (χ4n) is 2.20. The minimum atomic E-state index is -0.219. The van der Waals surface area contributed by atoms with E-state index in [9.17, 15) is 4.79 Å². The van der Waals surface area contributed by atoms with Gasteiger partial charge in [0.2, 0.25) is 0 Å². The van der Waals surface area contributed by atoms with Crippen LogP contribution in [0, 0.1) is 0 Å². The molecule has 0 bridgehead atoms. The quantitative estimate of drug-likeness (QED) is 0.457. The Morgan fingerprint density at radius 3 is 2.35 bits per heavy atom. The lowest BCUT2D eigenvalue weighted by Crippen LogP contribution is -2.18. The molecule has 1 heterocycles. The number of unbranched alkanes of at least 4 members (excludes halogenated alkanes) is 4. The summed E-state index contributed by atoms with van der Waals surface area (Å²) in [6, 6.07) is 3.41. The summed E-state index contributed by atoms with van der Waals surface area (Å²) in [5, 5.41) is 0. The molecule has 3 nitrogen and oxygen atoms in total. The molecule has 1 atom stereocenters. The van der Waals surface area contributed by atoms with Crippen LogP contribution in [-0.2, 0) is 4.74 Å². The largest absolute Gasteiger partial charge is 0.459 e. The number of esters is 1. The molecule has 0 amide bonds. The van der Waals surface area contributed by atoms with Gasteiger partial charge in [-0.25, -0.2) is 4.79 Å². The number of nitrogens with zero attached hydrogens (tertiary/aromatic N) is 1. The lowest BCUT2D eigenvalue weighted by molar-refractivity contribution is 0.0250. The van der Waals surface area contributed by atoms with E-state index in [4.69, 9.17) is 4.74 Å². The van der Waals surface area contributed by atoms with Gasteiger partial charge < -0.3 is 4.74 Å². The minimum Gasteiger partial charge on any atom is -0.459 e. The Bertz CT molecular complexity index is 365. The molecule has 0 aliphatic rings. The zero-order valence-corrected chi connectivity index (χ0v) is 12.8. The first-order chi connectivity index (χ1) is 9.77. The van der Waals surface area contributed by atoms with Gasteiger partial charge in [-0.05, 0) is 31.4 Å². The molecule has 0 aliphatic carbocycles. The number of carbonyl (C=O) groups is 1. The molecule has 1 aromatic rings. The maximum atomic E-state index is 12.1. The molecule has 20 heavy (non-hydrogen) atoms. The number of pyridine rings is 1. The molecule has 0 aromatic carbocycles. The van der Waals surface area contributed by atoms with Gasteiger partial charge in [-0.3, -0.25) is 4.98 Å². The maximum absolute atomic E-state index is 12.1. The highest BCUT2D eigenvalue weighted by Gasteiger charge is 2.15. The lowest BCUT2D eigenvalue weighted by atomic mass is 10.0. The van der Waals surface area contributed by atoms with Crippen molar-refractivity contribution in [3.05, 3.63) is 30.1 Å². The molecular weight excluding hydrogens is 250 g/mol. The molecule has 1 rings (SSSR count). The summed E-state index contributed by atoms with van der Waals surface area (Å²) in [6.07, 6.45) is 12.4. The van der Waals surface area contributed by atoms with Crippen molar-refractivity contribution >= 4 is 5.97 Å². The van der Waals surface area contributed by atoms with Crippen LogP contribution in [0.2, 0.25) is 0 Å². The van der Waals surface area contributed by atoms with Gasteiger partial charge in [0.15, 0.2) is 0 Å². The summed E-state index contributed by atoms with van der Waals surface area (Å²) in [5.41, 5.74) is 0.593. The SMILES string of the molecule is CCCCCCC(CCCC)OC(=O)c1ccncc1. The molecular formula is C17H27NO2. The maximum Gasteiger partial charge on any atom is 0.338 e. The first-order valence-electron chi connectivity index (χ1n) is 7.89. The van der Waals surface area contributed by atoms with Gasteiger partial charge in [-0.15, -0.1) is 0 Å². The number of ether oxygens (including phenoxy) is 1. The van der Waals surface area contributed by atoms with Crippen molar-refractivity contribution in [3.63, 3.8) is 0 Å². The second kappa shape index (κ2) is 10.4. The Morgan fingerprint density at radius 2 is 1.70 bits per heavy atom. The van der Waals surface area contributed by atoms with Crippen molar-refractivity contribution in [2.75, 3.05) is 0 Å². The second-order valence-corrected chi connectivity index (χ2v) is 5.25. The van der Waals surface area contributed by atoms with Crippen molar-refractivity contribution < 1.29 is 9.53 Å². The average molecular weight is 277 g/mol. The summed E-state index contributed by atoms with van der Waals surface area (Å²) in [6.45, 7) is 4.37. The summed E-state index contributed by atoms with van der Waals surface area (Å²) in [4.78, 5) is 16.0. The van der Waals surface area contributed by atoms with Crippen LogP contribution in [0.5, 0.6) is 0 Å². The van der Waals surface area contributed by atoms with Crippen LogP contribution in [0.15, 0.2) is 24.5 Å². The fourth-order valence-corrected chi connectivity index (χ4v) is 2.20. The molecule has 0 saturated carbocycles. The van der Waals surface area contributed by atoms with Gasteiger partial charge >= 0.3 is 5.97 Å². The predicted molar refractivity (Wildman–Crippen MR) is 81.7 cm³/mol. The van der Waals surface area contributed by atoms with E-state index in [0.717, 1.165) is 32.1 Å². The standard InChI is InChI=1S/C17H27NO2/c1-3-5-7-8-10-16(9-6-4-2)20-17(19)15-11-13-18-14-12-15/h11-14,16H,3-10H2,1-2H3. The van der Waals surface area contributed by atoms with E-state index in [1.54, 1.807) is 24.5 Å². The van der Waals surface area contributed by atoms with Gasteiger partial charge in [0, 0.05) is 12.4 Å². The highest BCUT2D eigenvalue weighted by molar-refractivity contribution is 5.89. The highest BCUT2D eigenvalue weighted by Crippen LogP contribution is 2.16. The van der Waals surface area contributed by atoms with Crippen LogP contribution >= 0.6 is 0 Å². The molecule has 0 fully saturated rings. The van der Waals surface area contributed by atoms with Crippen molar-refractivity contribution in [3.8, 4) is 0 Å². The Hall–Kier alpha value is -1.38. The summed E-state index contributed by atoms with van der Waals surface area (Å²) in [7, 11) is 0. The smallest absolute Gasteiger partial charge is 0.338 e. The Labute approximate surface area is 122 Å². The van der Waals surface area contributed by atoms with Crippen molar-refractivity contribution in [1.82, 2.24) is 4.98 Å². The zero-order chi connectivity index (χ0) is 14.6. The van der Waals surface area contributed by atoms with E-state index in [1.165, 1.54) is 19.3 Å². The number of aromatic nitrogens is 1. The molecule has 0 aliphatic heterocycles. The number of hydrogen-bond acceptors (Lipinski definition) is 3. The van der Waals surface area contributed by atoms with E-state index in [1.807, 2.05) is 0 Å². The molecule has 1 aromatic heterocycles. The molecule has 0 N–H and O–H groups in total. The Morgan fingerprint density at radius 1 is 1.05 bits per heavy atom. The normalized spacial score (nSPS) is 12.1. The third-order valence-electron chi connectivity index (χ3n) is 3.45. The molecule has 0 radical (unpaired) electrons. The molecule has 3 heteroatoms. The van der Waals surface area contributed by atoms with E-state index in [0.29, 0.717) is 5.56 Å². The fraction of sp³-hybridized carbons (Fsp3) is 0.647. The molecule has 1 unspecified atom stereocenters. The summed E-state index contributed by atoms with van der Waals surface area (Å²) in [5.74, 6) is -0.219. The van der Waals surface area contributed by atoms with Gasteiger partial charge in [-0.1, -0.05) is 46.0 Å². The molecule has 0 saturated heterocycles. The number of rotatable bonds is 10. The third kappa shape index (κ3) is 6.69. The van der Waals surface area contributed by atoms with E-state index >= 15 is 0 Å². The van der Waals surface area contributed by atoms with E-state index in [2.05, 4.69) is 18.8 Å². The predicted octanol–water partition coefficient (Wildman–Crippen LogP) is 4.77. The Balaban J connectivity index is 2.44. The lowest BCUT2D eigenvalue weighted by Gasteiger charge is -2.17. The first-order valence-corrected chi connectivity index (χ1v) is 7.89. The Kier molecular flexibility index (Phi) is 8.68.